The fourth-order valence-electron chi connectivity index (χ4n) is 4.03. The van der Waals surface area contributed by atoms with Crippen LogP contribution in [0, 0.1) is 0 Å². The molecule has 0 spiro atoms. The largest absolute Gasteiger partial charge is 0.370 e. The smallest absolute Gasteiger partial charge is 0.275 e. The van der Waals surface area contributed by atoms with Crippen LogP contribution in [0.15, 0.2) is 65.6 Å². The maximum atomic E-state index is 13.4. The lowest BCUT2D eigenvalue weighted by Crippen LogP contribution is -2.43. The molecule has 1 saturated heterocycles. The monoisotopic (exact) mass is 480 g/mol. The van der Waals surface area contributed by atoms with Crippen LogP contribution in [0.2, 0.25) is 0 Å². The number of nitrogens with zero attached hydrogens (tertiary/aromatic N) is 1. The van der Waals surface area contributed by atoms with E-state index in [1.807, 2.05) is 37.3 Å². The summed E-state index contributed by atoms with van der Waals surface area (Å²) >= 11 is 0. The SMILES string of the molecule is C/C=C/[C@H](CCC(N)=O)NC(=O)[C@H](Cc1ccccc1)n1cccc(NC(=O)[C@H]2CCCO2)c1=O. The number of nitrogens with two attached hydrogens (primary N) is 1. The fourth-order valence-corrected chi connectivity index (χ4v) is 4.03. The molecule has 1 aromatic heterocycles. The molecule has 1 aliphatic heterocycles. The first kappa shape index (κ1) is 25.9. The molecular formula is C26H32N4O5. The summed E-state index contributed by atoms with van der Waals surface area (Å²) in [6.45, 7) is 2.33. The number of amides is 3. The zero-order chi connectivity index (χ0) is 25.2. The second-order valence-electron chi connectivity index (χ2n) is 8.48. The summed E-state index contributed by atoms with van der Waals surface area (Å²) < 4.78 is 6.73. The van der Waals surface area contributed by atoms with Crippen LogP contribution in [-0.4, -0.2) is 41.0 Å². The quantitative estimate of drug-likeness (QED) is 0.424. The van der Waals surface area contributed by atoms with Crippen molar-refractivity contribution in [3.8, 4) is 0 Å². The Balaban J connectivity index is 1.88. The highest BCUT2D eigenvalue weighted by Gasteiger charge is 2.27. The summed E-state index contributed by atoms with van der Waals surface area (Å²) in [4.78, 5) is 50.5. The van der Waals surface area contributed by atoms with Crippen molar-refractivity contribution >= 4 is 23.4 Å². The predicted molar refractivity (Wildman–Crippen MR) is 133 cm³/mol. The van der Waals surface area contributed by atoms with Crippen molar-refractivity contribution in [3.05, 3.63) is 76.7 Å². The maximum Gasteiger partial charge on any atom is 0.275 e. The molecule has 35 heavy (non-hydrogen) atoms. The normalized spacial score (nSPS) is 17.1. The van der Waals surface area contributed by atoms with Gasteiger partial charge in [0.15, 0.2) is 0 Å². The van der Waals surface area contributed by atoms with E-state index in [-0.39, 0.29) is 30.3 Å². The van der Waals surface area contributed by atoms with Crippen molar-refractivity contribution in [2.24, 2.45) is 5.73 Å². The van der Waals surface area contributed by atoms with E-state index >= 15 is 0 Å². The second kappa shape index (κ2) is 12.7. The van der Waals surface area contributed by atoms with Gasteiger partial charge < -0.3 is 25.7 Å². The lowest BCUT2D eigenvalue weighted by atomic mass is 10.0. The number of aromatic nitrogens is 1. The molecule has 3 rings (SSSR count). The van der Waals surface area contributed by atoms with Crippen molar-refractivity contribution in [1.29, 1.82) is 0 Å². The third-order valence-electron chi connectivity index (χ3n) is 5.82. The summed E-state index contributed by atoms with van der Waals surface area (Å²) in [5.74, 6) is -1.22. The summed E-state index contributed by atoms with van der Waals surface area (Å²) in [7, 11) is 0. The molecule has 4 N–H and O–H groups in total. The minimum absolute atomic E-state index is 0.0811. The summed E-state index contributed by atoms with van der Waals surface area (Å²) in [5.41, 5.74) is 5.74. The van der Waals surface area contributed by atoms with E-state index in [2.05, 4.69) is 10.6 Å². The Morgan fingerprint density at radius 2 is 1.97 bits per heavy atom. The number of hydrogen-bond acceptors (Lipinski definition) is 5. The highest BCUT2D eigenvalue weighted by atomic mass is 16.5. The number of nitrogens with one attached hydrogen (secondary N) is 2. The Kier molecular flexibility index (Phi) is 9.37. The summed E-state index contributed by atoms with van der Waals surface area (Å²) in [5, 5.41) is 5.58. The van der Waals surface area contributed by atoms with E-state index in [0.29, 0.717) is 19.4 Å². The second-order valence-corrected chi connectivity index (χ2v) is 8.48. The molecule has 186 valence electrons. The number of ether oxygens (including phenoxy) is 1. The summed E-state index contributed by atoms with van der Waals surface area (Å²) in [6, 6.07) is 11.2. The Morgan fingerprint density at radius 3 is 2.63 bits per heavy atom. The van der Waals surface area contributed by atoms with Crippen molar-refractivity contribution in [3.63, 3.8) is 0 Å². The van der Waals surface area contributed by atoms with Crippen molar-refractivity contribution in [2.45, 2.75) is 57.2 Å². The van der Waals surface area contributed by atoms with E-state index in [4.69, 9.17) is 10.5 Å². The first-order valence-electron chi connectivity index (χ1n) is 11.8. The van der Waals surface area contributed by atoms with Gasteiger partial charge in [-0.25, -0.2) is 0 Å². The molecule has 9 nitrogen and oxygen atoms in total. The molecule has 2 heterocycles. The number of carbonyl (C=O) groups excluding carboxylic acids is 3. The Bertz CT molecular complexity index is 1110. The van der Waals surface area contributed by atoms with Gasteiger partial charge in [0.1, 0.15) is 17.8 Å². The number of anilines is 1. The van der Waals surface area contributed by atoms with Gasteiger partial charge in [0.2, 0.25) is 11.8 Å². The molecule has 1 aliphatic rings. The topological polar surface area (TPSA) is 133 Å². The van der Waals surface area contributed by atoms with Gasteiger partial charge in [-0.3, -0.25) is 19.2 Å². The zero-order valence-electron chi connectivity index (χ0n) is 19.8. The number of pyridine rings is 1. The molecule has 1 fully saturated rings. The first-order chi connectivity index (χ1) is 16.9. The molecule has 9 heteroatoms. The van der Waals surface area contributed by atoms with Gasteiger partial charge in [-0.1, -0.05) is 42.5 Å². The first-order valence-corrected chi connectivity index (χ1v) is 11.8. The fraction of sp³-hybridized carbons (Fsp3) is 0.385. The maximum absolute atomic E-state index is 13.4. The third-order valence-corrected chi connectivity index (χ3v) is 5.82. The van der Waals surface area contributed by atoms with Crippen LogP contribution in [0.5, 0.6) is 0 Å². The van der Waals surface area contributed by atoms with Gasteiger partial charge in [0, 0.05) is 31.7 Å². The molecule has 0 unspecified atom stereocenters. The number of benzene rings is 1. The van der Waals surface area contributed by atoms with Gasteiger partial charge in [0.05, 0.1) is 0 Å². The number of rotatable bonds is 11. The number of carbonyl (C=O) groups is 3. The van der Waals surface area contributed by atoms with Gasteiger partial charge in [-0.2, -0.15) is 0 Å². The van der Waals surface area contributed by atoms with Crippen LogP contribution in [-0.2, 0) is 25.5 Å². The lowest BCUT2D eigenvalue weighted by Gasteiger charge is -2.23. The van der Waals surface area contributed by atoms with E-state index in [1.165, 1.54) is 16.8 Å². The average molecular weight is 481 g/mol. The number of hydrogen-bond donors (Lipinski definition) is 3. The van der Waals surface area contributed by atoms with Crippen molar-refractivity contribution in [1.82, 2.24) is 9.88 Å². The third kappa shape index (κ3) is 7.38. The van der Waals surface area contributed by atoms with Crippen molar-refractivity contribution < 1.29 is 19.1 Å². The summed E-state index contributed by atoms with van der Waals surface area (Å²) in [6.07, 6.45) is 6.62. The Labute approximate surface area is 204 Å². The van der Waals surface area contributed by atoms with E-state index in [0.717, 1.165) is 12.0 Å². The van der Waals surface area contributed by atoms with Crippen LogP contribution in [0.25, 0.3) is 0 Å². The number of allylic oxidation sites excluding steroid dienone is 1. The van der Waals surface area contributed by atoms with Crippen LogP contribution in [0.4, 0.5) is 5.69 Å². The van der Waals surface area contributed by atoms with E-state index < -0.39 is 29.7 Å². The molecule has 0 radical (unpaired) electrons. The molecule has 0 aliphatic carbocycles. The lowest BCUT2D eigenvalue weighted by molar-refractivity contribution is -0.125. The molecule has 3 atom stereocenters. The molecule has 0 bridgehead atoms. The molecule has 2 aromatic rings. The number of primary amides is 1. The van der Waals surface area contributed by atoms with E-state index in [9.17, 15) is 19.2 Å². The molecule has 1 aromatic carbocycles. The Morgan fingerprint density at radius 1 is 1.20 bits per heavy atom. The minimum Gasteiger partial charge on any atom is -0.370 e. The molecule has 0 saturated carbocycles. The van der Waals surface area contributed by atoms with Crippen LogP contribution < -0.4 is 21.9 Å². The Hall–Kier alpha value is -3.72. The predicted octanol–water partition coefficient (Wildman–Crippen LogP) is 2.08. The van der Waals surface area contributed by atoms with Gasteiger partial charge in [0.25, 0.3) is 11.5 Å². The molecular weight excluding hydrogens is 448 g/mol. The minimum atomic E-state index is -0.884. The van der Waals surface area contributed by atoms with Crippen molar-refractivity contribution in [2.75, 3.05) is 11.9 Å². The van der Waals surface area contributed by atoms with Gasteiger partial charge in [-0.05, 0) is 43.9 Å². The highest BCUT2D eigenvalue weighted by Crippen LogP contribution is 2.17. The van der Waals surface area contributed by atoms with Gasteiger partial charge >= 0.3 is 0 Å². The molecule has 3 amide bonds. The van der Waals surface area contributed by atoms with Gasteiger partial charge in [-0.15, -0.1) is 0 Å². The van der Waals surface area contributed by atoms with E-state index in [1.54, 1.807) is 18.2 Å². The standard InChI is InChI=1S/C26H32N4O5/c1-2-8-19(13-14-23(27)31)28-24(32)21(17-18-9-4-3-5-10-18)30-15-6-11-20(26(30)34)29-25(33)22-12-7-16-35-22/h2-6,8-11,15,19,21-22H,7,12-14,16-17H2,1H3,(H2,27,31)(H,28,32)(H,29,33)/b8-2+/t19-,21+,22-/m1/s1. The highest BCUT2D eigenvalue weighted by molar-refractivity contribution is 5.94. The van der Waals surface area contributed by atoms with Crippen LogP contribution >= 0.6 is 0 Å². The zero-order valence-corrected chi connectivity index (χ0v) is 19.8. The van der Waals surface area contributed by atoms with Crippen LogP contribution in [0.3, 0.4) is 0 Å². The van der Waals surface area contributed by atoms with Crippen LogP contribution in [0.1, 0.15) is 44.2 Å². The average Bonchev–Trinajstić information content (AvgIpc) is 3.38.